The lowest BCUT2D eigenvalue weighted by molar-refractivity contribution is -0.122. The van der Waals surface area contributed by atoms with Gasteiger partial charge >= 0.3 is 0 Å². The number of rotatable bonds is 6. The predicted molar refractivity (Wildman–Crippen MR) is 95.6 cm³/mol. The average molecular weight is 348 g/mol. The predicted octanol–water partition coefficient (Wildman–Crippen LogP) is 1.83. The van der Waals surface area contributed by atoms with Gasteiger partial charge in [-0.3, -0.25) is 9.69 Å². The van der Waals surface area contributed by atoms with Crippen LogP contribution >= 0.6 is 12.2 Å². The number of likely N-dealkylation sites (N-methyl/N-ethyl adjacent to an activating group) is 1. The van der Waals surface area contributed by atoms with Gasteiger partial charge in [-0.1, -0.05) is 12.1 Å². The first-order valence-corrected chi connectivity index (χ1v) is 8.27. The minimum atomic E-state index is -0.0269. The van der Waals surface area contributed by atoms with Gasteiger partial charge in [0.15, 0.2) is 0 Å². The molecule has 1 aromatic heterocycles. The number of amides is 1. The summed E-state index contributed by atoms with van der Waals surface area (Å²) in [7, 11) is 1.85. The molecule has 2 rings (SSSR count). The lowest BCUT2D eigenvalue weighted by atomic mass is 10.1. The van der Waals surface area contributed by atoms with Crippen LogP contribution in [0.3, 0.4) is 0 Å². The Balaban J connectivity index is 2.14. The molecule has 0 aliphatic rings. The lowest BCUT2D eigenvalue weighted by Crippen LogP contribution is -2.39. The number of nitrogens with one attached hydrogen (secondary N) is 1. The van der Waals surface area contributed by atoms with E-state index >= 15 is 0 Å². The van der Waals surface area contributed by atoms with E-state index < -0.39 is 0 Å². The Morgan fingerprint density at radius 3 is 2.71 bits per heavy atom. The molecule has 0 saturated heterocycles. The van der Waals surface area contributed by atoms with Crippen molar-refractivity contribution in [2.45, 2.75) is 40.4 Å². The Kier molecular flexibility index (Phi) is 5.84. The first-order chi connectivity index (χ1) is 11.3. The third-order valence-electron chi connectivity index (χ3n) is 3.68. The number of benzene rings is 1. The number of carbonyl (C=O) groups excluding carboxylic acids is 1. The molecule has 0 unspecified atom stereocenters. The maximum atomic E-state index is 11.8. The van der Waals surface area contributed by atoms with Gasteiger partial charge in [-0.05, 0) is 74.6 Å². The van der Waals surface area contributed by atoms with Gasteiger partial charge < -0.3 is 5.32 Å². The first-order valence-electron chi connectivity index (χ1n) is 7.87. The fourth-order valence-electron chi connectivity index (χ4n) is 2.37. The molecule has 1 amide bonds. The molecular weight excluding hydrogens is 324 g/mol. The molecule has 1 heterocycles. The van der Waals surface area contributed by atoms with Gasteiger partial charge in [0.1, 0.15) is 0 Å². The summed E-state index contributed by atoms with van der Waals surface area (Å²) in [6, 6.07) is 6.12. The minimum Gasteiger partial charge on any atom is -0.353 e. The van der Waals surface area contributed by atoms with E-state index in [4.69, 9.17) is 12.2 Å². The van der Waals surface area contributed by atoms with Crippen molar-refractivity contribution in [3.05, 3.63) is 34.1 Å². The molecule has 1 aromatic carbocycles. The molecule has 0 aliphatic carbocycles. The SMILES string of the molecule is Cc1cccc(-n2nnn(CN(C)CC(=O)NC(C)C)c2=S)c1C. The summed E-state index contributed by atoms with van der Waals surface area (Å²) in [5, 5.41) is 11.2. The van der Waals surface area contributed by atoms with Crippen LogP contribution in [0.25, 0.3) is 5.69 Å². The molecule has 0 spiro atoms. The second-order valence-electron chi connectivity index (χ2n) is 6.27. The Hall–Kier alpha value is -2.06. The molecule has 0 saturated carbocycles. The zero-order valence-corrected chi connectivity index (χ0v) is 15.6. The molecule has 8 heteroatoms. The molecule has 1 N–H and O–H groups in total. The largest absolute Gasteiger partial charge is 0.353 e. The highest BCUT2D eigenvalue weighted by Crippen LogP contribution is 2.16. The van der Waals surface area contributed by atoms with Gasteiger partial charge in [-0.2, -0.15) is 4.68 Å². The Bertz CT molecular complexity index is 779. The van der Waals surface area contributed by atoms with Crippen LogP contribution in [0, 0.1) is 18.6 Å². The molecule has 0 radical (unpaired) electrons. The molecule has 7 nitrogen and oxygen atoms in total. The fourth-order valence-corrected chi connectivity index (χ4v) is 2.60. The van der Waals surface area contributed by atoms with Crippen molar-refractivity contribution in [1.29, 1.82) is 0 Å². The topological polar surface area (TPSA) is 68.0 Å². The van der Waals surface area contributed by atoms with Crippen molar-refractivity contribution in [1.82, 2.24) is 30.0 Å². The first kappa shape index (κ1) is 18.3. The quantitative estimate of drug-likeness (QED) is 0.807. The van der Waals surface area contributed by atoms with Crippen molar-refractivity contribution >= 4 is 18.1 Å². The van der Waals surface area contributed by atoms with Crippen LogP contribution in [0.1, 0.15) is 25.0 Å². The molecule has 24 heavy (non-hydrogen) atoms. The van der Waals surface area contributed by atoms with Crippen molar-refractivity contribution in [2.24, 2.45) is 0 Å². The van der Waals surface area contributed by atoms with Crippen LogP contribution in [-0.4, -0.2) is 50.2 Å². The van der Waals surface area contributed by atoms with Crippen molar-refractivity contribution in [3.63, 3.8) is 0 Å². The highest BCUT2D eigenvalue weighted by molar-refractivity contribution is 7.71. The molecule has 0 aliphatic heterocycles. The van der Waals surface area contributed by atoms with Crippen LogP contribution in [0.4, 0.5) is 0 Å². The Morgan fingerprint density at radius 2 is 2.04 bits per heavy atom. The van der Waals surface area contributed by atoms with Crippen LogP contribution in [0.5, 0.6) is 0 Å². The van der Waals surface area contributed by atoms with Crippen LogP contribution < -0.4 is 5.32 Å². The maximum Gasteiger partial charge on any atom is 0.234 e. The number of hydrogen-bond acceptors (Lipinski definition) is 5. The van der Waals surface area contributed by atoms with Crippen LogP contribution in [0.15, 0.2) is 18.2 Å². The summed E-state index contributed by atoms with van der Waals surface area (Å²) in [6.45, 7) is 8.63. The average Bonchev–Trinajstić information content (AvgIpc) is 2.82. The van der Waals surface area contributed by atoms with E-state index in [1.807, 2.05) is 57.8 Å². The van der Waals surface area contributed by atoms with E-state index in [1.54, 1.807) is 9.36 Å². The normalized spacial score (nSPS) is 11.3. The van der Waals surface area contributed by atoms with E-state index in [9.17, 15) is 4.79 Å². The zero-order valence-electron chi connectivity index (χ0n) is 14.8. The van der Waals surface area contributed by atoms with Gasteiger partial charge in [0.25, 0.3) is 0 Å². The summed E-state index contributed by atoms with van der Waals surface area (Å²) in [4.78, 5) is 13.7. The summed E-state index contributed by atoms with van der Waals surface area (Å²) in [6.07, 6.45) is 0. The van der Waals surface area contributed by atoms with Gasteiger partial charge in [0.2, 0.25) is 10.7 Å². The van der Waals surface area contributed by atoms with Crippen molar-refractivity contribution in [3.8, 4) is 5.69 Å². The molecule has 0 atom stereocenters. The minimum absolute atomic E-state index is 0.0269. The van der Waals surface area contributed by atoms with Crippen LogP contribution in [0.2, 0.25) is 0 Å². The summed E-state index contributed by atoms with van der Waals surface area (Å²) in [5.74, 6) is -0.0269. The Morgan fingerprint density at radius 1 is 1.33 bits per heavy atom. The zero-order chi connectivity index (χ0) is 17.9. The third kappa shape index (κ3) is 4.27. The number of hydrogen-bond donors (Lipinski definition) is 1. The monoisotopic (exact) mass is 348 g/mol. The number of tetrazole rings is 1. The van der Waals surface area contributed by atoms with E-state index in [0.717, 1.165) is 11.3 Å². The number of aromatic nitrogens is 4. The smallest absolute Gasteiger partial charge is 0.234 e. The fraction of sp³-hybridized carbons (Fsp3) is 0.500. The molecule has 2 aromatic rings. The second-order valence-corrected chi connectivity index (χ2v) is 6.63. The maximum absolute atomic E-state index is 11.8. The van der Waals surface area contributed by atoms with Gasteiger partial charge in [0.05, 0.1) is 18.9 Å². The van der Waals surface area contributed by atoms with E-state index in [2.05, 4.69) is 15.7 Å². The molecule has 0 bridgehead atoms. The van der Waals surface area contributed by atoms with Gasteiger partial charge in [-0.25, -0.2) is 4.68 Å². The van der Waals surface area contributed by atoms with Gasteiger partial charge in [-0.15, -0.1) is 0 Å². The lowest BCUT2D eigenvalue weighted by Gasteiger charge is -2.16. The Labute approximate surface area is 147 Å². The van der Waals surface area contributed by atoms with E-state index in [-0.39, 0.29) is 18.5 Å². The van der Waals surface area contributed by atoms with Crippen molar-refractivity contribution in [2.75, 3.05) is 13.6 Å². The van der Waals surface area contributed by atoms with Crippen molar-refractivity contribution < 1.29 is 4.79 Å². The van der Waals surface area contributed by atoms with E-state index in [0.29, 0.717) is 11.4 Å². The number of nitrogens with zero attached hydrogens (tertiary/aromatic N) is 5. The number of carbonyl (C=O) groups is 1. The van der Waals surface area contributed by atoms with E-state index in [1.165, 1.54) is 5.56 Å². The summed E-state index contributed by atoms with van der Waals surface area (Å²) < 4.78 is 3.76. The summed E-state index contributed by atoms with van der Waals surface area (Å²) >= 11 is 5.49. The molecular formula is C16H24N6OS. The van der Waals surface area contributed by atoms with Gasteiger partial charge in [0, 0.05) is 6.04 Å². The third-order valence-corrected chi connectivity index (χ3v) is 4.07. The highest BCUT2D eigenvalue weighted by Gasteiger charge is 2.12. The number of aryl methyl sites for hydroxylation is 1. The molecule has 130 valence electrons. The standard InChI is InChI=1S/C16H24N6OS/c1-11(2)17-15(23)9-20(5)10-21-16(24)22(19-18-21)14-8-6-7-12(3)13(14)4/h6-8,11H,9-10H2,1-5H3,(H,17,23). The van der Waals surface area contributed by atoms with Crippen LogP contribution in [-0.2, 0) is 11.5 Å². The summed E-state index contributed by atoms with van der Waals surface area (Å²) in [5.41, 5.74) is 3.21. The highest BCUT2D eigenvalue weighted by atomic mass is 32.1. The second kappa shape index (κ2) is 7.67. The molecule has 0 fully saturated rings.